The van der Waals surface area contributed by atoms with Crippen LogP contribution < -0.4 is 0 Å². The van der Waals surface area contributed by atoms with Gasteiger partial charge in [0.1, 0.15) is 11.5 Å². The molecule has 1 aromatic carbocycles. The first-order valence-electron chi connectivity index (χ1n) is 11.0. The predicted octanol–water partition coefficient (Wildman–Crippen LogP) is 3.51. The molecule has 2 heterocycles. The van der Waals surface area contributed by atoms with Crippen LogP contribution in [0.15, 0.2) is 58.1 Å². The highest BCUT2D eigenvalue weighted by molar-refractivity contribution is 6.06. The lowest BCUT2D eigenvalue weighted by atomic mass is 9.63. The molecular weight excluding hydrogens is 408 g/mol. The second-order valence-corrected chi connectivity index (χ2v) is 8.89. The molecule has 0 N–H and O–H groups in total. The van der Waals surface area contributed by atoms with Gasteiger partial charge in [0.15, 0.2) is 0 Å². The minimum Gasteiger partial charge on any atom is -0.462 e. The smallest absolute Gasteiger partial charge is 0.338 e. The Balaban J connectivity index is 1.21. The van der Waals surface area contributed by atoms with Crippen LogP contribution in [0.25, 0.3) is 11.3 Å². The maximum atomic E-state index is 13.0. The minimum atomic E-state index is -0.392. The zero-order chi connectivity index (χ0) is 22.0. The van der Waals surface area contributed by atoms with E-state index in [4.69, 9.17) is 9.15 Å². The van der Waals surface area contributed by atoms with Gasteiger partial charge in [-0.2, -0.15) is 10.1 Å². The summed E-state index contributed by atoms with van der Waals surface area (Å²) in [4.78, 5) is 38.0. The molecule has 1 aliphatic heterocycles. The maximum Gasteiger partial charge on any atom is 0.338 e. The van der Waals surface area contributed by atoms with Crippen molar-refractivity contribution in [1.29, 1.82) is 0 Å². The fraction of sp³-hybridized carbons (Fsp3) is 0.360. The molecule has 162 valence electrons. The van der Waals surface area contributed by atoms with Crippen LogP contribution in [0.5, 0.6) is 0 Å². The van der Waals surface area contributed by atoms with E-state index in [1.165, 1.54) is 6.21 Å². The van der Waals surface area contributed by atoms with E-state index >= 15 is 0 Å². The molecule has 7 rings (SSSR count). The fourth-order valence-electron chi connectivity index (χ4n) is 5.76. The number of imide groups is 1. The Bertz CT molecular complexity index is 1160. The summed E-state index contributed by atoms with van der Waals surface area (Å²) in [5, 5.41) is 5.25. The van der Waals surface area contributed by atoms with Gasteiger partial charge in [0.05, 0.1) is 30.2 Å². The number of ether oxygens (including phenoxy) is 1. The number of rotatable bonds is 5. The quantitative estimate of drug-likeness (QED) is 0.313. The lowest BCUT2D eigenvalue weighted by Gasteiger charge is -2.37. The first-order chi connectivity index (χ1) is 15.6. The van der Waals surface area contributed by atoms with E-state index in [1.54, 1.807) is 37.3 Å². The summed E-state index contributed by atoms with van der Waals surface area (Å²) in [5.41, 5.74) is 1.16. The number of carbonyl (C=O) groups excluding carboxylic acids is 3. The third-order valence-corrected chi connectivity index (χ3v) is 7.22. The summed E-state index contributed by atoms with van der Waals surface area (Å²) in [5.74, 6) is 1.11. The molecule has 1 saturated heterocycles. The Kier molecular flexibility index (Phi) is 4.22. The lowest BCUT2D eigenvalue weighted by molar-refractivity contribution is -0.140. The van der Waals surface area contributed by atoms with Crippen LogP contribution in [0.3, 0.4) is 0 Å². The maximum absolute atomic E-state index is 13.0. The third-order valence-electron chi connectivity index (χ3n) is 7.22. The Labute approximate surface area is 184 Å². The number of benzene rings is 1. The van der Waals surface area contributed by atoms with Gasteiger partial charge < -0.3 is 9.15 Å². The van der Waals surface area contributed by atoms with Crippen molar-refractivity contribution in [3.8, 4) is 11.3 Å². The van der Waals surface area contributed by atoms with Crippen LogP contribution in [0, 0.1) is 35.5 Å². The number of nitrogens with zero attached hydrogens (tertiary/aromatic N) is 2. The molecule has 0 spiro atoms. The van der Waals surface area contributed by atoms with Gasteiger partial charge in [-0.3, -0.25) is 9.59 Å². The number of furan rings is 1. The van der Waals surface area contributed by atoms with Crippen molar-refractivity contribution in [2.75, 3.05) is 6.61 Å². The lowest BCUT2D eigenvalue weighted by Crippen LogP contribution is -2.40. The first-order valence-corrected chi connectivity index (χ1v) is 11.0. The van der Waals surface area contributed by atoms with Crippen molar-refractivity contribution in [3.63, 3.8) is 0 Å². The second-order valence-electron chi connectivity index (χ2n) is 8.89. The topological polar surface area (TPSA) is 89.2 Å². The number of allylic oxidation sites excluding steroid dienone is 2. The zero-order valence-corrected chi connectivity index (χ0v) is 17.5. The molecule has 5 aliphatic rings. The van der Waals surface area contributed by atoms with Crippen molar-refractivity contribution in [2.45, 2.75) is 13.3 Å². The van der Waals surface area contributed by atoms with E-state index in [0.717, 1.165) is 17.0 Å². The average Bonchev–Trinajstić information content (AvgIpc) is 3.44. The average molecular weight is 430 g/mol. The van der Waals surface area contributed by atoms with E-state index in [1.807, 2.05) is 6.07 Å². The number of hydrogen-bond donors (Lipinski definition) is 0. The van der Waals surface area contributed by atoms with Gasteiger partial charge in [-0.05, 0) is 61.3 Å². The van der Waals surface area contributed by atoms with E-state index in [9.17, 15) is 14.4 Å². The Morgan fingerprint density at radius 3 is 2.53 bits per heavy atom. The monoisotopic (exact) mass is 430 g/mol. The van der Waals surface area contributed by atoms with E-state index in [0.29, 0.717) is 35.5 Å². The number of hydrogen-bond acceptors (Lipinski definition) is 6. The molecular formula is C25H22N2O5. The summed E-state index contributed by atoms with van der Waals surface area (Å²) in [6.45, 7) is 2.06. The van der Waals surface area contributed by atoms with Crippen molar-refractivity contribution in [2.24, 2.45) is 40.6 Å². The largest absolute Gasteiger partial charge is 0.462 e. The first kappa shape index (κ1) is 19.2. The number of esters is 1. The minimum absolute atomic E-state index is 0.175. The van der Waals surface area contributed by atoms with Gasteiger partial charge in [0, 0.05) is 5.56 Å². The van der Waals surface area contributed by atoms with Gasteiger partial charge in [-0.25, -0.2) is 4.79 Å². The molecule has 1 aromatic heterocycles. The summed E-state index contributed by atoms with van der Waals surface area (Å²) in [6.07, 6.45) is 6.82. The van der Waals surface area contributed by atoms with Crippen LogP contribution in [0.4, 0.5) is 0 Å². The molecule has 0 unspecified atom stereocenters. The molecule has 6 atom stereocenters. The van der Waals surface area contributed by atoms with Crippen LogP contribution in [0.2, 0.25) is 0 Å². The predicted molar refractivity (Wildman–Crippen MR) is 114 cm³/mol. The van der Waals surface area contributed by atoms with Gasteiger partial charge in [0.25, 0.3) is 11.8 Å². The van der Waals surface area contributed by atoms with E-state index in [-0.39, 0.29) is 35.5 Å². The summed E-state index contributed by atoms with van der Waals surface area (Å²) in [7, 11) is 0. The van der Waals surface area contributed by atoms with Crippen molar-refractivity contribution < 1.29 is 23.5 Å². The standard InChI is InChI=1S/C25H22N2O5/c1-2-31-25(30)14-5-3-4-13(10-14)20-9-6-15(32-20)12-26-27-23(28)21-16-7-8-17(19-11-18(16)19)22(21)24(27)29/h3-10,12,16-19,21-22H,2,11H2,1H3/b26-12+/t16-,17-,18-,19-,21-,22+/m1/s1. The van der Waals surface area contributed by atoms with Crippen molar-refractivity contribution in [3.05, 3.63) is 59.9 Å². The molecule has 7 heteroatoms. The van der Waals surface area contributed by atoms with Crippen LogP contribution >= 0.6 is 0 Å². The summed E-state index contributed by atoms with van der Waals surface area (Å²) >= 11 is 0. The second kappa shape index (κ2) is 7.02. The van der Waals surface area contributed by atoms with Gasteiger partial charge in [-0.15, -0.1) is 0 Å². The molecule has 2 bridgehead atoms. The zero-order valence-electron chi connectivity index (χ0n) is 17.5. The molecule has 4 aliphatic carbocycles. The van der Waals surface area contributed by atoms with Gasteiger partial charge in [0.2, 0.25) is 0 Å². The molecule has 0 radical (unpaired) electrons. The fourth-order valence-corrected chi connectivity index (χ4v) is 5.76. The normalized spacial score (nSPS) is 31.8. The molecule has 2 saturated carbocycles. The summed E-state index contributed by atoms with van der Waals surface area (Å²) in [6, 6.07) is 10.4. The highest BCUT2D eigenvalue weighted by Gasteiger charge is 2.67. The number of amides is 2. The Morgan fingerprint density at radius 2 is 1.84 bits per heavy atom. The molecule has 7 nitrogen and oxygen atoms in total. The number of hydrazone groups is 1. The van der Waals surface area contributed by atoms with Crippen LogP contribution in [-0.2, 0) is 14.3 Å². The SMILES string of the molecule is CCOC(=O)c1cccc(-c2ccc(/C=N/N3C(=O)[C@@H]4[C@@H]5C=C[C@H]([C@H]6C[C@H]56)[C@@H]4C3=O)o2)c1. The van der Waals surface area contributed by atoms with Crippen molar-refractivity contribution >= 4 is 24.0 Å². The van der Waals surface area contributed by atoms with E-state index in [2.05, 4.69) is 17.3 Å². The highest BCUT2D eigenvalue weighted by Crippen LogP contribution is 2.65. The third kappa shape index (κ3) is 2.80. The Hall–Kier alpha value is -3.48. The van der Waals surface area contributed by atoms with Crippen LogP contribution in [0.1, 0.15) is 29.5 Å². The Morgan fingerprint density at radius 1 is 1.12 bits per heavy atom. The summed E-state index contributed by atoms with van der Waals surface area (Å²) < 4.78 is 10.9. The molecule has 2 aromatic rings. The number of carbonyl (C=O) groups is 3. The molecule has 3 fully saturated rings. The molecule has 32 heavy (non-hydrogen) atoms. The van der Waals surface area contributed by atoms with Gasteiger partial charge in [-0.1, -0.05) is 24.3 Å². The van der Waals surface area contributed by atoms with Crippen LogP contribution in [-0.4, -0.2) is 35.6 Å². The van der Waals surface area contributed by atoms with Crippen molar-refractivity contribution in [1.82, 2.24) is 5.01 Å². The highest BCUT2D eigenvalue weighted by atomic mass is 16.5. The van der Waals surface area contributed by atoms with Gasteiger partial charge >= 0.3 is 5.97 Å². The molecule has 2 amide bonds. The van der Waals surface area contributed by atoms with E-state index < -0.39 is 5.97 Å².